The van der Waals surface area contributed by atoms with E-state index in [1.807, 2.05) is 0 Å². The monoisotopic (exact) mass is 221 g/mol. The summed E-state index contributed by atoms with van der Waals surface area (Å²) in [6.45, 7) is 1.56. The number of piperidine rings is 1. The van der Waals surface area contributed by atoms with E-state index in [-0.39, 0.29) is 17.4 Å². The third kappa shape index (κ3) is 2.10. The molecule has 2 rings (SSSR count). The number of carbonyl (C=O) groups is 1. The first-order valence-electron chi connectivity index (χ1n) is 5.50. The van der Waals surface area contributed by atoms with Crippen molar-refractivity contribution in [3.63, 3.8) is 0 Å². The van der Waals surface area contributed by atoms with Gasteiger partial charge < -0.3 is 15.1 Å². The molecule has 1 aromatic rings. The SMILES string of the molecule is O=C(c1ccc(O)c(O)c1)N1CCCCC1. The predicted molar refractivity (Wildman–Crippen MR) is 59.5 cm³/mol. The molecule has 0 radical (unpaired) electrons. The fraction of sp³-hybridized carbons (Fsp3) is 0.417. The van der Waals surface area contributed by atoms with Gasteiger partial charge >= 0.3 is 0 Å². The Kier molecular flexibility index (Phi) is 2.99. The van der Waals surface area contributed by atoms with Gasteiger partial charge in [0.2, 0.25) is 0 Å². The lowest BCUT2D eigenvalue weighted by Crippen LogP contribution is -2.35. The van der Waals surface area contributed by atoms with Crippen molar-refractivity contribution in [2.75, 3.05) is 13.1 Å². The fourth-order valence-electron chi connectivity index (χ4n) is 1.94. The normalized spacial score (nSPS) is 16.1. The van der Waals surface area contributed by atoms with Crippen LogP contribution in [0.15, 0.2) is 18.2 Å². The maximum atomic E-state index is 12.0. The molecular weight excluding hydrogens is 206 g/mol. The number of hydrogen-bond donors (Lipinski definition) is 2. The van der Waals surface area contributed by atoms with Crippen molar-refractivity contribution in [2.45, 2.75) is 19.3 Å². The molecule has 16 heavy (non-hydrogen) atoms. The van der Waals surface area contributed by atoms with E-state index in [9.17, 15) is 9.90 Å². The fourth-order valence-corrected chi connectivity index (χ4v) is 1.94. The first-order valence-corrected chi connectivity index (χ1v) is 5.50. The van der Waals surface area contributed by atoms with Crippen LogP contribution in [0.5, 0.6) is 11.5 Å². The van der Waals surface area contributed by atoms with Crippen molar-refractivity contribution in [2.24, 2.45) is 0 Å². The standard InChI is InChI=1S/C12H15NO3/c14-10-5-4-9(8-11(10)15)12(16)13-6-2-1-3-7-13/h4-5,8,14-15H,1-3,6-7H2. The van der Waals surface area contributed by atoms with Crippen LogP contribution >= 0.6 is 0 Å². The van der Waals surface area contributed by atoms with Crippen molar-refractivity contribution in [3.8, 4) is 11.5 Å². The molecule has 2 N–H and O–H groups in total. The Morgan fingerprint density at radius 1 is 1.06 bits per heavy atom. The summed E-state index contributed by atoms with van der Waals surface area (Å²) in [4.78, 5) is 13.8. The molecular formula is C12H15NO3. The van der Waals surface area contributed by atoms with Crippen LogP contribution in [0.25, 0.3) is 0 Å². The molecule has 1 fully saturated rings. The highest BCUT2D eigenvalue weighted by molar-refractivity contribution is 5.94. The lowest BCUT2D eigenvalue weighted by molar-refractivity contribution is 0.0724. The minimum atomic E-state index is -0.247. The largest absolute Gasteiger partial charge is 0.504 e. The predicted octanol–water partition coefficient (Wildman–Crippen LogP) is 1.72. The second kappa shape index (κ2) is 4.43. The van der Waals surface area contributed by atoms with E-state index in [1.165, 1.54) is 24.6 Å². The van der Waals surface area contributed by atoms with Gasteiger partial charge in [-0.15, -0.1) is 0 Å². The van der Waals surface area contributed by atoms with Gasteiger partial charge in [0.25, 0.3) is 5.91 Å². The molecule has 86 valence electrons. The highest BCUT2D eigenvalue weighted by Crippen LogP contribution is 2.25. The van der Waals surface area contributed by atoms with Gasteiger partial charge in [-0.25, -0.2) is 0 Å². The molecule has 1 heterocycles. The summed E-state index contributed by atoms with van der Waals surface area (Å²) in [5.74, 6) is -0.520. The number of nitrogens with zero attached hydrogens (tertiary/aromatic N) is 1. The van der Waals surface area contributed by atoms with Crippen LogP contribution in [0.2, 0.25) is 0 Å². The smallest absolute Gasteiger partial charge is 0.253 e. The van der Waals surface area contributed by atoms with E-state index in [0.717, 1.165) is 25.9 Å². The van der Waals surface area contributed by atoms with E-state index in [4.69, 9.17) is 5.11 Å². The first-order chi connectivity index (χ1) is 7.68. The molecule has 0 bridgehead atoms. The van der Waals surface area contributed by atoms with Gasteiger partial charge in [0.05, 0.1) is 0 Å². The summed E-state index contributed by atoms with van der Waals surface area (Å²) < 4.78 is 0. The van der Waals surface area contributed by atoms with Crippen LogP contribution in [-0.2, 0) is 0 Å². The van der Waals surface area contributed by atoms with Crippen LogP contribution < -0.4 is 0 Å². The first kappa shape index (κ1) is 10.8. The number of phenolic OH excluding ortho intramolecular Hbond substituents is 2. The Morgan fingerprint density at radius 3 is 2.38 bits per heavy atom. The third-order valence-electron chi connectivity index (χ3n) is 2.87. The Hall–Kier alpha value is -1.71. The van der Waals surface area contributed by atoms with Gasteiger partial charge in [-0.3, -0.25) is 4.79 Å². The minimum Gasteiger partial charge on any atom is -0.504 e. The molecule has 0 aromatic heterocycles. The zero-order valence-corrected chi connectivity index (χ0v) is 9.02. The van der Waals surface area contributed by atoms with Crippen molar-refractivity contribution < 1.29 is 15.0 Å². The number of rotatable bonds is 1. The van der Waals surface area contributed by atoms with E-state index in [2.05, 4.69) is 0 Å². The minimum absolute atomic E-state index is 0.0741. The topological polar surface area (TPSA) is 60.8 Å². The molecule has 1 aliphatic rings. The van der Waals surface area contributed by atoms with Gasteiger partial charge in [0.1, 0.15) is 0 Å². The molecule has 0 spiro atoms. The van der Waals surface area contributed by atoms with Gasteiger partial charge in [-0.2, -0.15) is 0 Å². The Balaban J connectivity index is 2.16. The maximum absolute atomic E-state index is 12.0. The molecule has 4 heteroatoms. The van der Waals surface area contributed by atoms with E-state index in [1.54, 1.807) is 4.90 Å². The van der Waals surface area contributed by atoms with Crippen molar-refractivity contribution in [1.82, 2.24) is 4.90 Å². The zero-order valence-electron chi connectivity index (χ0n) is 9.02. The van der Waals surface area contributed by atoms with Crippen LogP contribution in [0, 0.1) is 0 Å². The summed E-state index contributed by atoms with van der Waals surface area (Å²) in [6, 6.07) is 4.19. The average molecular weight is 221 g/mol. The van der Waals surface area contributed by atoms with Crippen LogP contribution in [0.4, 0.5) is 0 Å². The van der Waals surface area contributed by atoms with E-state index in [0.29, 0.717) is 5.56 Å². The quantitative estimate of drug-likeness (QED) is 0.710. The van der Waals surface area contributed by atoms with E-state index < -0.39 is 0 Å². The van der Waals surface area contributed by atoms with Gasteiger partial charge in [-0.05, 0) is 37.5 Å². The summed E-state index contributed by atoms with van der Waals surface area (Å²) in [5.41, 5.74) is 0.428. The van der Waals surface area contributed by atoms with Crippen molar-refractivity contribution in [1.29, 1.82) is 0 Å². The molecule has 1 aromatic carbocycles. The number of carbonyl (C=O) groups excluding carboxylic acids is 1. The maximum Gasteiger partial charge on any atom is 0.253 e. The van der Waals surface area contributed by atoms with E-state index >= 15 is 0 Å². The van der Waals surface area contributed by atoms with Crippen LogP contribution in [0.3, 0.4) is 0 Å². The zero-order chi connectivity index (χ0) is 11.5. The molecule has 0 atom stereocenters. The second-order valence-corrected chi connectivity index (χ2v) is 4.06. The van der Waals surface area contributed by atoms with Gasteiger partial charge in [-0.1, -0.05) is 0 Å². The molecule has 1 amide bonds. The van der Waals surface area contributed by atoms with Gasteiger partial charge in [0, 0.05) is 18.7 Å². The number of phenols is 2. The van der Waals surface area contributed by atoms with Crippen molar-refractivity contribution in [3.05, 3.63) is 23.8 Å². The highest BCUT2D eigenvalue weighted by atomic mass is 16.3. The molecule has 4 nitrogen and oxygen atoms in total. The number of aromatic hydroxyl groups is 2. The number of hydrogen-bond acceptors (Lipinski definition) is 3. The number of amides is 1. The lowest BCUT2D eigenvalue weighted by atomic mass is 10.1. The number of benzene rings is 1. The summed E-state index contributed by atoms with van der Waals surface area (Å²) in [7, 11) is 0. The third-order valence-corrected chi connectivity index (χ3v) is 2.87. The lowest BCUT2D eigenvalue weighted by Gasteiger charge is -2.26. The van der Waals surface area contributed by atoms with Crippen LogP contribution in [-0.4, -0.2) is 34.1 Å². The molecule has 0 unspecified atom stereocenters. The Labute approximate surface area is 94.1 Å². The molecule has 1 saturated heterocycles. The molecule has 0 saturated carbocycles. The Bertz CT molecular complexity index is 397. The second-order valence-electron chi connectivity index (χ2n) is 4.06. The van der Waals surface area contributed by atoms with Crippen LogP contribution in [0.1, 0.15) is 29.6 Å². The summed E-state index contributed by atoms with van der Waals surface area (Å²) in [6.07, 6.45) is 3.25. The van der Waals surface area contributed by atoms with Gasteiger partial charge in [0.15, 0.2) is 11.5 Å². The molecule has 0 aliphatic carbocycles. The highest BCUT2D eigenvalue weighted by Gasteiger charge is 2.18. The average Bonchev–Trinajstić information content (AvgIpc) is 2.33. The van der Waals surface area contributed by atoms with Crippen molar-refractivity contribution >= 4 is 5.91 Å². The summed E-state index contributed by atoms with van der Waals surface area (Å²) >= 11 is 0. The molecule has 1 aliphatic heterocycles. The summed E-state index contributed by atoms with van der Waals surface area (Å²) in [5, 5.41) is 18.5. The number of likely N-dealkylation sites (tertiary alicyclic amines) is 1. The Morgan fingerprint density at radius 2 is 1.75 bits per heavy atom.